The predicted molar refractivity (Wildman–Crippen MR) is 45.3 cm³/mol. The molecule has 1 rings (SSSR count). The zero-order valence-corrected chi connectivity index (χ0v) is 7.28. The van der Waals surface area contributed by atoms with Crippen LogP contribution in [0.3, 0.4) is 0 Å². The molecular weight excluding hydrogens is 210 g/mol. The summed E-state index contributed by atoms with van der Waals surface area (Å²) in [6.45, 7) is 0. The first-order chi connectivity index (χ1) is 5.31. The molecular formula is C6H8BrN3O. The lowest BCUT2D eigenvalue weighted by atomic mass is 10.5. The fourth-order valence-corrected chi connectivity index (χ4v) is 0.613. The van der Waals surface area contributed by atoms with Gasteiger partial charge in [0.25, 0.3) is 0 Å². The van der Waals surface area contributed by atoms with Gasteiger partial charge in [0, 0.05) is 6.20 Å². The number of nitrogens with zero attached hydrogens (tertiary/aromatic N) is 1. The maximum Gasteiger partial charge on any atom is 0.221 e. The highest BCUT2D eigenvalue weighted by atomic mass is 79.9. The largest absolute Gasteiger partial charge is 0.297 e. The van der Waals surface area contributed by atoms with Crippen molar-refractivity contribution in [3.05, 3.63) is 29.0 Å². The van der Waals surface area contributed by atoms with E-state index in [-0.39, 0.29) is 0 Å². The lowest BCUT2D eigenvalue weighted by molar-refractivity contribution is -0.109. The van der Waals surface area contributed by atoms with Gasteiger partial charge in [-0.3, -0.25) is 10.2 Å². The van der Waals surface area contributed by atoms with E-state index in [4.69, 9.17) is 4.79 Å². The van der Waals surface area contributed by atoms with E-state index in [9.17, 15) is 0 Å². The van der Waals surface area contributed by atoms with Crippen LogP contribution < -0.4 is 11.3 Å². The van der Waals surface area contributed by atoms with Crippen LogP contribution in [0.5, 0.6) is 0 Å². The maximum atomic E-state index is 8.94. The number of hydrazine groups is 1. The second kappa shape index (κ2) is 7.17. The molecule has 0 saturated carbocycles. The molecule has 0 radical (unpaired) electrons. The van der Waals surface area contributed by atoms with E-state index in [2.05, 4.69) is 26.8 Å². The molecule has 1 heterocycles. The number of pyridine rings is 1. The van der Waals surface area contributed by atoms with Crippen molar-refractivity contribution in [2.45, 2.75) is 0 Å². The molecule has 0 aliphatic heterocycles. The van der Waals surface area contributed by atoms with Gasteiger partial charge >= 0.3 is 0 Å². The number of nitrogens with one attached hydrogen (secondary N) is 1. The molecule has 5 heteroatoms. The van der Waals surface area contributed by atoms with Gasteiger partial charge in [0.2, 0.25) is 6.41 Å². The van der Waals surface area contributed by atoms with Gasteiger partial charge < -0.3 is 0 Å². The van der Waals surface area contributed by atoms with Crippen LogP contribution in [-0.4, -0.2) is 11.4 Å². The van der Waals surface area contributed by atoms with Gasteiger partial charge in [-0.25, -0.2) is 10.8 Å². The highest BCUT2D eigenvalue weighted by molar-refractivity contribution is 9.10. The Morgan fingerprint density at radius 1 is 1.64 bits per heavy atom. The summed E-state index contributed by atoms with van der Waals surface area (Å²) in [5, 5.41) is 0. The van der Waals surface area contributed by atoms with Crippen LogP contribution in [0.4, 0.5) is 0 Å². The van der Waals surface area contributed by atoms with Gasteiger partial charge in [0.15, 0.2) is 0 Å². The van der Waals surface area contributed by atoms with Crippen LogP contribution in [0.1, 0.15) is 0 Å². The van der Waals surface area contributed by atoms with Crippen molar-refractivity contribution in [1.82, 2.24) is 10.4 Å². The van der Waals surface area contributed by atoms with Gasteiger partial charge in [-0.2, -0.15) is 0 Å². The van der Waals surface area contributed by atoms with Crippen LogP contribution in [0.25, 0.3) is 0 Å². The molecule has 0 aromatic carbocycles. The monoisotopic (exact) mass is 217 g/mol. The quantitative estimate of drug-likeness (QED) is 0.236. The van der Waals surface area contributed by atoms with Gasteiger partial charge in [-0.05, 0) is 28.1 Å². The standard InChI is InChI=1S/C5H4BrN.CH4N2O/c6-5-3-1-2-4-7-5;2-3-1-4/h1-4H;1H,2H2,(H,3,4). The molecule has 0 atom stereocenters. The molecule has 1 aromatic heterocycles. The average molecular weight is 218 g/mol. The topological polar surface area (TPSA) is 68.0 Å². The summed E-state index contributed by atoms with van der Waals surface area (Å²) in [6, 6.07) is 5.70. The Bertz CT molecular complexity index is 192. The number of carbonyl (C=O) groups excluding carboxylic acids is 1. The molecule has 0 bridgehead atoms. The number of aromatic nitrogens is 1. The lowest BCUT2D eigenvalue weighted by Crippen LogP contribution is -2.18. The van der Waals surface area contributed by atoms with Crippen molar-refractivity contribution in [3.63, 3.8) is 0 Å². The summed E-state index contributed by atoms with van der Waals surface area (Å²) in [5.74, 6) is 4.41. The van der Waals surface area contributed by atoms with E-state index in [1.54, 1.807) is 11.6 Å². The van der Waals surface area contributed by atoms with E-state index in [1.807, 2.05) is 18.2 Å². The Kier molecular flexibility index (Phi) is 6.56. The van der Waals surface area contributed by atoms with E-state index in [1.165, 1.54) is 0 Å². The van der Waals surface area contributed by atoms with Gasteiger partial charge in [0.1, 0.15) is 4.60 Å². The van der Waals surface area contributed by atoms with Crippen molar-refractivity contribution in [2.24, 2.45) is 5.84 Å². The van der Waals surface area contributed by atoms with Gasteiger partial charge in [-0.1, -0.05) is 6.07 Å². The molecule has 0 saturated heterocycles. The van der Waals surface area contributed by atoms with Crippen LogP contribution in [0.15, 0.2) is 29.0 Å². The predicted octanol–water partition coefficient (Wildman–Crippen LogP) is 0.450. The first-order valence-corrected chi connectivity index (χ1v) is 3.57. The van der Waals surface area contributed by atoms with Gasteiger partial charge in [0.05, 0.1) is 0 Å². The van der Waals surface area contributed by atoms with E-state index < -0.39 is 0 Å². The highest BCUT2D eigenvalue weighted by Crippen LogP contribution is 2.00. The molecule has 0 fully saturated rings. The third-order valence-corrected chi connectivity index (χ3v) is 1.17. The number of hydrogen-bond acceptors (Lipinski definition) is 3. The van der Waals surface area contributed by atoms with Crippen LogP contribution >= 0.6 is 15.9 Å². The number of carbonyl (C=O) groups is 1. The molecule has 3 N–H and O–H groups in total. The molecule has 60 valence electrons. The highest BCUT2D eigenvalue weighted by Gasteiger charge is 1.75. The van der Waals surface area contributed by atoms with Crippen molar-refractivity contribution in [2.75, 3.05) is 0 Å². The zero-order valence-electron chi connectivity index (χ0n) is 5.70. The Hall–Kier alpha value is -0.940. The molecule has 0 spiro atoms. The second-order valence-corrected chi connectivity index (χ2v) is 2.25. The smallest absolute Gasteiger partial charge is 0.221 e. The van der Waals surface area contributed by atoms with Crippen molar-refractivity contribution < 1.29 is 4.79 Å². The first-order valence-electron chi connectivity index (χ1n) is 2.77. The number of halogens is 1. The Labute approximate surface area is 72.9 Å². The lowest BCUT2D eigenvalue weighted by Gasteiger charge is -1.80. The molecule has 11 heavy (non-hydrogen) atoms. The minimum atomic E-state index is 0.403. The third-order valence-electron chi connectivity index (χ3n) is 0.697. The Balaban J connectivity index is 0.000000218. The number of nitrogens with two attached hydrogens (primary N) is 1. The molecule has 4 nitrogen and oxygen atoms in total. The fourth-order valence-electron chi connectivity index (χ4n) is 0.342. The van der Waals surface area contributed by atoms with Crippen LogP contribution in [0.2, 0.25) is 0 Å². The normalized spacial score (nSPS) is 7.45. The zero-order chi connectivity index (χ0) is 8.53. The molecule has 0 aliphatic carbocycles. The minimum absolute atomic E-state index is 0.403. The van der Waals surface area contributed by atoms with E-state index in [0.29, 0.717) is 6.41 Å². The summed E-state index contributed by atoms with van der Waals surface area (Å²) in [4.78, 5) is 12.8. The molecule has 1 amide bonds. The SMILES string of the molecule is Brc1ccccn1.NNC=O. The molecule has 0 unspecified atom stereocenters. The fraction of sp³-hybridized carbons (Fsp3) is 0. The molecule has 1 aromatic rings. The second-order valence-electron chi connectivity index (χ2n) is 1.44. The summed E-state index contributed by atoms with van der Waals surface area (Å²) in [6.07, 6.45) is 2.14. The first kappa shape index (κ1) is 10.1. The van der Waals surface area contributed by atoms with E-state index >= 15 is 0 Å². The maximum absolute atomic E-state index is 8.94. The van der Waals surface area contributed by atoms with Gasteiger partial charge in [-0.15, -0.1) is 0 Å². The van der Waals surface area contributed by atoms with Crippen molar-refractivity contribution in [3.8, 4) is 0 Å². The summed E-state index contributed by atoms with van der Waals surface area (Å²) < 4.78 is 0.884. The molecule has 0 aliphatic rings. The number of amides is 1. The van der Waals surface area contributed by atoms with Crippen LogP contribution in [-0.2, 0) is 4.79 Å². The number of rotatable bonds is 1. The minimum Gasteiger partial charge on any atom is -0.297 e. The summed E-state index contributed by atoms with van der Waals surface area (Å²) in [5.41, 5.74) is 1.75. The van der Waals surface area contributed by atoms with E-state index in [0.717, 1.165) is 4.60 Å². The Morgan fingerprint density at radius 2 is 2.27 bits per heavy atom. The van der Waals surface area contributed by atoms with Crippen molar-refractivity contribution in [1.29, 1.82) is 0 Å². The average Bonchev–Trinajstić information content (AvgIpc) is 2.07. The Morgan fingerprint density at radius 3 is 2.45 bits per heavy atom. The summed E-state index contributed by atoms with van der Waals surface area (Å²) in [7, 11) is 0. The van der Waals surface area contributed by atoms with Crippen molar-refractivity contribution >= 4 is 22.3 Å². The third kappa shape index (κ3) is 6.95. The van der Waals surface area contributed by atoms with Crippen LogP contribution in [0, 0.1) is 0 Å². The number of hydrogen-bond donors (Lipinski definition) is 2. The summed E-state index contributed by atoms with van der Waals surface area (Å²) >= 11 is 3.20.